The Balaban J connectivity index is 0.000000163. The predicted octanol–water partition coefficient (Wildman–Crippen LogP) is 6.22. The highest BCUT2D eigenvalue weighted by Gasteiger charge is 2.25. The van der Waals surface area contributed by atoms with Gasteiger partial charge in [-0.2, -0.15) is 0 Å². The standard InChI is InChI=1S/C21H25N3O2S.C17H17N3S.C4H9ClO2/c25-14-16-26-15-13-23-9-11-24(12-10-23)21-17-5-1-3-7-19(17)27-20-8-4-2-6-18(20)22-21;1-3-7-15-13(5-1)17(20-11-9-18-10-12-20)19-14-6-2-4-8-16(14)21-15;5-1-3-7-4-2-6/h1-8,25H,9-16H2;1-8,18H,9-12H2;6H,1-4H2. The summed E-state index contributed by atoms with van der Waals surface area (Å²) in [6, 6.07) is 33.9. The first-order valence-corrected chi connectivity index (χ1v) is 21.1. The van der Waals surface area contributed by atoms with Gasteiger partial charge < -0.3 is 34.8 Å². The minimum atomic E-state index is 0.0802. The van der Waals surface area contributed by atoms with E-state index in [0.717, 1.165) is 81.9 Å². The number of aliphatic imine (C=N–C) groups is 2. The minimum absolute atomic E-state index is 0.0802. The van der Waals surface area contributed by atoms with Crippen molar-refractivity contribution in [2.75, 3.05) is 104 Å². The molecule has 13 heteroatoms. The van der Waals surface area contributed by atoms with Crippen LogP contribution in [0.2, 0.25) is 0 Å². The molecule has 0 amide bonds. The maximum absolute atomic E-state index is 8.79. The number of hydrogen-bond donors (Lipinski definition) is 3. The van der Waals surface area contributed by atoms with E-state index in [1.54, 1.807) is 11.8 Å². The Labute approximate surface area is 338 Å². The van der Waals surface area contributed by atoms with Crippen molar-refractivity contribution in [1.29, 1.82) is 0 Å². The Kier molecular flexibility index (Phi) is 16.7. The summed E-state index contributed by atoms with van der Waals surface area (Å²) in [5, 5.41) is 20.3. The van der Waals surface area contributed by atoms with Gasteiger partial charge in [0.1, 0.15) is 11.7 Å². The number of hydrogen-bond acceptors (Lipinski definition) is 12. The van der Waals surface area contributed by atoms with E-state index < -0.39 is 0 Å². The Morgan fingerprint density at radius 3 is 1.53 bits per heavy atom. The van der Waals surface area contributed by atoms with Crippen molar-refractivity contribution in [2.45, 2.75) is 19.6 Å². The van der Waals surface area contributed by atoms with Crippen LogP contribution in [0.3, 0.4) is 0 Å². The summed E-state index contributed by atoms with van der Waals surface area (Å²) in [5.41, 5.74) is 4.60. The number of aliphatic hydroxyl groups is 2. The highest BCUT2D eigenvalue weighted by atomic mass is 35.5. The number of amidine groups is 2. The lowest BCUT2D eigenvalue weighted by Crippen LogP contribution is -2.49. The van der Waals surface area contributed by atoms with E-state index in [-0.39, 0.29) is 13.2 Å². The van der Waals surface area contributed by atoms with Crippen LogP contribution in [0.15, 0.2) is 127 Å². The van der Waals surface area contributed by atoms with Crippen LogP contribution in [0, 0.1) is 0 Å². The zero-order valence-electron chi connectivity index (χ0n) is 31.2. The van der Waals surface area contributed by atoms with E-state index in [9.17, 15) is 0 Å². The summed E-state index contributed by atoms with van der Waals surface area (Å²) < 4.78 is 10.1. The fourth-order valence-electron chi connectivity index (χ4n) is 6.46. The molecule has 3 N–H and O–H groups in total. The van der Waals surface area contributed by atoms with Gasteiger partial charge in [-0.05, 0) is 36.4 Å². The van der Waals surface area contributed by atoms with Crippen LogP contribution in [-0.2, 0) is 9.47 Å². The van der Waals surface area contributed by atoms with Crippen molar-refractivity contribution in [1.82, 2.24) is 20.0 Å². The van der Waals surface area contributed by atoms with Gasteiger partial charge in [0, 0.05) is 95.5 Å². The van der Waals surface area contributed by atoms with Crippen LogP contribution in [0.5, 0.6) is 0 Å². The van der Waals surface area contributed by atoms with Gasteiger partial charge in [-0.15, -0.1) is 11.6 Å². The van der Waals surface area contributed by atoms with E-state index >= 15 is 0 Å². The summed E-state index contributed by atoms with van der Waals surface area (Å²) in [4.78, 5) is 22.3. The minimum Gasteiger partial charge on any atom is -0.394 e. The Hall–Kier alpha value is -3.43. The van der Waals surface area contributed by atoms with Crippen LogP contribution in [0.1, 0.15) is 11.1 Å². The molecule has 292 valence electrons. The lowest BCUT2D eigenvalue weighted by atomic mass is 10.1. The number of alkyl halides is 1. The normalized spacial score (nSPS) is 16.3. The molecule has 4 aromatic carbocycles. The number of aliphatic hydroxyl groups excluding tert-OH is 2. The SMILES string of the molecule is OCCOCCCl.OCCOCCN1CCN(C2=Nc3ccccc3Sc3ccccc32)CC1.c1ccc2c(c1)N=C(N1CCNCC1)c1ccccc1S2. The molecule has 2 fully saturated rings. The number of ether oxygens (including phenoxy) is 2. The second-order valence-electron chi connectivity index (χ2n) is 12.9. The van der Waals surface area contributed by atoms with Crippen LogP contribution in [0.25, 0.3) is 0 Å². The highest BCUT2D eigenvalue weighted by Crippen LogP contribution is 2.41. The number of nitrogens with one attached hydrogen (secondary N) is 1. The number of fused-ring (bicyclic) bond motifs is 4. The summed E-state index contributed by atoms with van der Waals surface area (Å²) >= 11 is 8.84. The summed E-state index contributed by atoms with van der Waals surface area (Å²) in [6.45, 7) is 11.1. The van der Waals surface area contributed by atoms with Gasteiger partial charge in [0.2, 0.25) is 0 Å². The zero-order chi connectivity index (χ0) is 38.1. The van der Waals surface area contributed by atoms with E-state index in [1.807, 2.05) is 11.8 Å². The van der Waals surface area contributed by atoms with E-state index in [1.165, 1.54) is 30.7 Å². The maximum atomic E-state index is 8.79. The smallest absolute Gasteiger partial charge is 0.137 e. The van der Waals surface area contributed by atoms with Crippen LogP contribution < -0.4 is 5.32 Å². The van der Waals surface area contributed by atoms with Gasteiger partial charge >= 0.3 is 0 Å². The van der Waals surface area contributed by atoms with Gasteiger partial charge in [-0.1, -0.05) is 84.2 Å². The van der Waals surface area contributed by atoms with Crippen molar-refractivity contribution in [3.05, 3.63) is 108 Å². The molecular weight excluding hydrogens is 752 g/mol. The molecular formula is C42H51ClN6O4S2. The molecule has 4 aliphatic rings. The fourth-order valence-corrected chi connectivity index (χ4v) is 8.61. The summed E-state index contributed by atoms with van der Waals surface area (Å²) in [7, 11) is 0. The lowest BCUT2D eigenvalue weighted by molar-refractivity contribution is 0.0652. The number of rotatable bonds is 9. The van der Waals surface area contributed by atoms with E-state index in [2.05, 4.69) is 117 Å². The third-order valence-corrected chi connectivity index (χ3v) is 11.6. The largest absolute Gasteiger partial charge is 0.394 e. The molecule has 0 aromatic heterocycles. The molecule has 0 radical (unpaired) electrons. The number of para-hydroxylation sites is 2. The topological polar surface area (TPSA) is 105 Å². The molecule has 0 unspecified atom stereocenters. The van der Waals surface area contributed by atoms with Crippen LogP contribution in [0.4, 0.5) is 11.4 Å². The molecule has 0 bridgehead atoms. The van der Waals surface area contributed by atoms with Crippen LogP contribution >= 0.6 is 35.1 Å². The molecule has 0 spiro atoms. The molecule has 0 atom stereocenters. The first kappa shape index (κ1) is 41.2. The quantitative estimate of drug-likeness (QED) is 0.134. The van der Waals surface area contributed by atoms with Crippen molar-refractivity contribution >= 4 is 58.2 Å². The first-order chi connectivity index (χ1) is 27.2. The maximum Gasteiger partial charge on any atom is 0.137 e. The van der Waals surface area contributed by atoms with Gasteiger partial charge in [-0.3, -0.25) is 4.90 Å². The van der Waals surface area contributed by atoms with Gasteiger partial charge in [0.15, 0.2) is 0 Å². The van der Waals surface area contributed by atoms with Gasteiger partial charge in [0.25, 0.3) is 0 Å². The van der Waals surface area contributed by atoms with Crippen molar-refractivity contribution in [2.24, 2.45) is 9.98 Å². The molecule has 4 aliphatic heterocycles. The van der Waals surface area contributed by atoms with Crippen molar-refractivity contribution in [3.63, 3.8) is 0 Å². The van der Waals surface area contributed by atoms with Gasteiger partial charge in [0.05, 0.1) is 51.0 Å². The molecule has 4 heterocycles. The Morgan fingerprint density at radius 2 is 1.02 bits per heavy atom. The zero-order valence-corrected chi connectivity index (χ0v) is 33.6. The molecule has 0 aliphatic carbocycles. The molecule has 0 saturated carbocycles. The number of piperazine rings is 2. The average Bonchev–Trinajstić information content (AvgIpc) is 3.52. The molecule has 10 nitrogen and oxygen atoms in total. The van der Waals surface area contributed by atoms with Gasteiger partial charge in [-0.25, -0.2) is 9.98 Å². The van der Waals surface area contributed by atoms with E-state index in [4.69, 9.17) is 41.3 Å². The Bertz CT molecular complexity index is 1850. The molecule has 4 aromatic rings. The third-order valence-electron chi connectivity index (χ3n) is 9.21. The molecule has 8 rings (SSSR count). The number of halogens is 1. The molecule has 55 heavy (non-hydrogen) atoms. The van der Waals surface area contributed by atoms with Crippen LogP contribution in [-0.4, -0.2) is 141 Å². The van der Waals surface area contributed by atoms with Crippen molar-refractivity contribution < 1.29 is 19.7 Å². The Morgan fingerprint density at radius 1 is 0.564 bits per heavy atom. The number of benzene rings is 4. The summed E-state index contributed by atoms with van der Waals surface area (Å²) in [6.07, 6.45) is 0. The fraction of sp³-hybridized carbons (Fsp3) is 0.381. The lowest BCUT2D eigenvalue weighted by Gasteiger charge is -2.36. The first-order valence-electron chi connectivity index (χ1n) is 18.9. The van der Waals surface area contributed by atoms with E-state index in [0.29, 0.717) is 32.3 Å². The number of nitrogens with zero attached hydrogens (tertiary/aromatic N) is 5. The highest BCUT2D eigenvalue weighted by molar-refractivity contribution is 7.99. The monoisotopic (exact) mass is 802 g/mol. The average molecular weight is 803 g/mol. The van der Waals surface area contributed by atoms with Crippen molar-refractivity contribution in [3.8, 4) is 0 Å². The second-order valence-corrected chi connectivity index (χ2v) is 15.5. The second kappa shape index (κ2) is 22.3. The predicted molar refractivity (Wildman–Crippen MR) is 225 cm³/mol. The molecule has 2 saturated heterocycles. The summed E-state index contributed by atoms with van der Waals surface area (Å²) in [5.74, 6) is 2.70. The third kappa shape index (κ3) is 11.8.